The van der Waals surface area contributed by atoms with Crippen LogP contribution in [-0.4, -0.2) is 10.9 Å². The van der Waals surface area contributed by atoms with Gasteiger partial charge >= 0.3 is 0 Å². The standard InChI is InChI=1S/C16H12F2N2O/c1-9-7-10-8-11(5-6-14(10)19-9)20-16(21)15-12(17)3-2-4-13(15)18/h2-8,19H,1H3,(H,20,21). The van der Waals surface area contributed by atoms with E-state index in [1.807, 2.05) is 13.0 Å². The van der Waals surface area contributed by atoms with E-state index < -0.39 is 23.1 Å². The van der Waals surface area contributed by atoms with Gasteiger partial charge in [-0.25, -0.2) is 8.78 Å². The molecule has 0 aliphatic carbocycles. The summed E-state index contributed by atoms with van der Waals surface area (Å²) in [5.41, 5.74) is 1.83. The number of rotatable bonds is 2. The highest BCUT2D eigenvalue weighted by Crippen LogP contribution is 2.21. The van der Waals surface area contributed by atoms with E-state index in [1.165, 1.54) is 6.07 Å². The molecule has 2 N–H and O–H groups in total. The van der Waals surface area contributed by atoms with Crippen molar-refractivity contribution in [3.63, 3.8) is 0 Å². The van der Waals surface area contributed by atoms with Crippen molar-refractivity contribution >= 4 is 22.5 Å². The van der Waals surface area contributed by atoms with Gasteiger partial charge in [-0.1, -0.05) is 6.07 Å². The maximum absolute atomic E-state index is 13.6. The highest BCUT2D eigenvalue weighted by molar-refractivity contribution is 6.05. The quantitative estimate of drug-likeness (QED) is 0.734. The molecule has 3 rings (SSSR count). The van der Waals surface area contributed by atoms with Crippen molar-refractivity contribution in [3.8, 4) is 0 Å². The van der Waals surface area contributed by atoms with Gasteiger partial charge in [0.1, 0.15) is 17.2 Å². The molecule has 1 aromatic heterocycles. The first-order valence-electron chi connectivity index (χ1n) is 6.39. The molecule has 0 radical (unpaired) electrons. The van der Waals surface area contributed by atoms with E-state index in [0.29, 0.717) is 5.69 Å². The number of aromatic amines is 1. The lowest BCUT2D eigenvalue weighted by Crippen LogP contribution is -2.15. The Labute approximate surface area is 119 Å². The second-order valence-electron chi connectivity index (χ2n) is 4.81. The van der Waals surface area contributed by atoms with Crippen LogP contribution in [0.3, 0.4) is 0 Å². The minimum atomic E-state index is -0.883. The highest BCUT2D eigenvalue weighted by Gasteiger charge is 2.17. The fraction of sp³-hybridized carbons (Fsp3) is 0.0625. The molecule has 0 fully saturated rings. The Morgan fingerprint density at radius 2 is 1.81 bits per heavy atom. The molecule has 106 valence electrons. The second-order valence-corrected chi connectivity index (χ2v) is 4.81. The fourth-order valence-electron chi connectivity index (χ4n) is 2.26. The summed E-state index contributed by atoms with van der Waals surface area (Å²) in [5, 5.41) is 3.42. The van der Waals surface area contributed by atoms with Crippen LogP contribution < -0.4 is 5.32 Å². The summed E-state index contributed by atoms with van der Waals surface area (Å²) in [6.07, 6.45) is 0. The Balaban J connectivity index is 1.92. The van der Waals surface area contributed by atoms with Gasteiger partial charge < -0.3 is 10.3 Å². The van der Waals surface area contributed by atoms with E-state index in [9.17, 15) is 13.6 Å². The molecule has 0 aliphatic rings. The van der Waals surface area contributed by atoms with E-state index >= 15 is 0 Å². The summed E-state index contributed by atoms with van der Waals surface area (Å²) in [4.78, 5) is 15.2. The summed E-state index contributed by atoms with van der Waals surface area (Å²) in [5.74, 6) is -2.57. The SMILES string of the molecule is Cc1cc2cc(NC(=O)c3c(F)cccc3F)ccc2[nH]1. The van der Waals surface area contributed by atoms with E-state index in [1.54, 1.807) is 18.2 Å². The number of hydrogen-bond acceptors (Lipinski definition) is 1. The Morgan fingerprint density at radius 3 is 2.52 bits per heavy atom. The minimum Gasteiger partial charge on any atom is -0.359 e. The fourth-order valence-corrected chi connectivity index (χ4v) is 2.26. The van der Waals surface area contributed by atoms with Crippen LogP contribution in [0.15, 0.2) is 42.5 Å². The lowest BCUT2D eigenvalue weighted by atomic mass is 10.1. The van der Waals surface area contributed by atoms with Crippen molar-refractivity contribution in [3.05, 3.63) is 65.4 Å². The Kier molecular flexibility index (Phi) is 3.17. The smallest absolute Gasteiger partial charge is 0.261 e. The van der Waals surface area contributed by atoms with E-state index in [4.69, 9.17) is 0 Å². The summed E-state index contributed by atoms with van der Waals surface area (Å²) in [6.45, 7) is 1.92. The average molecular weight is 286 g/mol. The molecule has 0 unspecified atom stereocenters. The van der Waals surface area contributed by atoms with Crippen LogP contribution in [0.1, 0.15) is 16.1 Å². The molecule has 0 aliphatic heterocycles. The lowest BCUT2D eigenvalue weighted by Gasteiger charge is -2.07. The van der Waals surface area contributed by atoms with Gasteiger partial charge in [0.2, 0.25) is 0 Å². The number of carbonyl (C=O) groups is 1. The van der Waals surface area contributed by atoms with Gasteiger partial charge in [0.15, 0.2) is 0 Å². The number of nitrogens with one attached hydrogen (secondary N) is 2. The van der Waals surface area contributed by atoms with Gasteiger partial charge in [-0.2, -0.15) is 0 Å². The van der Waals surface area contributed by atoms with Gasteiger partial charge in [0.05, 0.1) is 0 Å². The highest BCUT2D eigenvalue weighted by atomic mass is 19.1. The van der Waals surface area contributed by atoms with Gasteiger partial charge in [-0.05, 0) is 43.3 Å². The summed E-state index contributed by atoms with van der Waals surface area (Å²) >= 11 is 0. The predicted molar refractivity (Wildman–Crippen MR) is 77.3 cm³/mol. The number of carbonyl (C=O) groups excluding carboxylic acids is 1. The Morgan fingerprint density at radius 1 is 1.10 bits per heavy atom. The molecule has 0 saturated carbocycles. The summed E-state index contributed by atoms with van der Waals surface area (Å²) < 4.78 is 27.1. The monoisotopic (exact) mass is 286 g/mol. The number of aromatic nitrogens is 1. The average Bonchev–Trinajstić information content (AvgIpc) is 2.77. The maximum atomic E-state index is 13.6. The van der Waals surface area contributed by atoms with Crippen molar-refractivity contribution in [2.45, 2.75) is 6.92 Å². The van der Waals surface area contributed by atoms with E-state index in [0.717, 1.165) is 28.7 Å². The predicted octanol–water partition coefficient (Wildman–Crippen LogP) is 4.01. The molecule has 1 heterocycles. The molecule has 21 heavy (non-hydrogen) atoms. The maximum Gasteiger partial charge on any atom is 0.261 e. The van der Waals surface area contributed by atoms with Crippen LogP contribution in [0.5, 0.6) is 0 Å². The summed E-state index contributed by atoms with van der Waals surface area (Å²) in [7, 11) is 0. The first-order chi connectivity index (χ1) is 10.0. The van der Waals surface area contributed by atoms with Crippen molar-refractivity contribution in [2.24, 2.45) is 0 Å². The third kappa shape index (κ3) is 2.50. The number of anilines is 1. The molecule has 5 heteroatoms. The Bertz CT molecular complexity index is 819. The van der Waals surface area contributed by atoms with Crippen LogP contribution >= 0.6 is 0 Å². The van der Waals surface area contributed by atoms with E-state index in [2.05, 4.69) is 10.3 Å². The van der Waals surface area contributed by atoms with Crippen molar-refractivity contribution in [2.75, 3.05) is 5.32 Å². The normalized spacial score (nSPS) is 10.8. The molecule has 3 nitrogen and oxygen atoms in total. The number of aryl methyl sites for hydroxylation is 1. The zero-order valence-corrected chi connectivity index (χ0v) is 11.2. The van der Waals surface area contributed by atoms with Gasteiger partial charge in [0.25, 0.3) is 5.91 Å². The van der Waals surface area contributed by atoms with Crippen LogP contribution in [0, 0.1) is 18.6 Å². The first-order valence-corrected chi connectivity index (χ1v) is 6.39. The molecule has 1 amide bonds. The summed E-state index contributed by atoms with van der Waals surface area (Å²) in [6, 6.07) is 10.5. The molecule has 0 spiro atoms. The third-order valence-corrected chi connectivity index (χ3v) is 3.20. The third-order valence-electron chi connectivity index (χ3n) is 3.20. The molecule has 2 aromatic carbocycles. The second kappa shape index (κ2) is 5.01. The largest absolute Gasteiger partial charge is 0.359 e. The number of amides is 1. The molecular weight excluding hydrogens is 274 g/mol. The van der Waals surface area contributed by atoms with Crippen LogP contribution in [0.25, 0.3) is 10.9 Å². The molecular formula is C16H12F2N2O. The lowest BCUT2D eigenvalue weighted by molar-refractivity contribution is 0.101. The number of fused-ring (bicyclic) bond motifs is 1. The van der Waals surface area contributed by atoms with Gasteiger partial charge in [-0.15, -0.1) is 0 Å². The number of benzene rings is 2. The van der Waals surface area contributed by atoms with Crippen LogP contribution in [-0.2, 0) is 0 Å². The first kappa shape index (κ1) is 13.3. The van der Waals surface area contributed by atoms with E-state index in [-0.39, 0.29) is 0 Å². The van der Waals surface area contributed by atoms with Gasteiger partial charge in [0, 0.05) is 22.3 Å². The van der Waals surface area contributed by atoms with Crippen molar-refractivity contribution in [1.29, 1.82) is 0 Å². The number of halogens is 2. The van der Waals surface area contributed by atoms with Crippen molar-refractivity contribution in [1.82, 2.24) is 4.98 Å². The number of H-pyrrole nitrogens is 1. The molecule has 3 aromatic rings. The number of hydrogen-bond donors (Lipinski definition) is 2. The molecule has 0 saturated heterocycles. The van der Waals surface area contributed by atoms with Crippen molar-refractivity contribution < 1.29 is 13.6 Å². The topological polar surface area (TPSA) is 44.9 Å². The van der Waals surface area contributed by atoms with Crippen LogP contribution in [0.2, 0.25) is 0 Å². The zero-order chi connectivity index (χ0) is 15.0. The minimum absolute atomic E-state index is 0.481. The van der Waals surface area contributed by atoms with Crippen LogP contribution in [0.4, 0.5) is 14.5 Å². The zero-order valence-electron chi connectivity index (χ0n) is 11.2. The Hall–Kier alpha value is -2.69. The molecule has 0 bridgehead atoms. The van der Waals surface area contributed by atoms with Gasteiger partial charge in [-0.3, -0.25) is 4.79 Å². The molecule has 0 atom stereocenters.